The summed E-state index contributed by atoms with van der Waals surface area (Å²) in [5.74, 6) is -3.37. The molecule has 22 heavy (non-hydrogen) atoms. The van der Waals surface area contributed by atoms with Crippen LogP contribution in [0.25, 0.3) is 0 Å². The number of ketones is 1. The average molecular weight is 305 g/mol. The maximum atomic E-state index is 12.5. The first-order valence-corrected chi connectivity index (χ1v) is 6.95. The lowest BCUT2D eigenvalue weighted by Gasteiger charge is -2.32. The summed E-state index contributed by atoms with van der Waals surface area (Å²) in [5, 5.41) is 3.07. The third-order valence-corrected chi connectivity index (χ3v) is 3.53. The smallest absolute Gasteiger partial charge is 0.321 e. The van der Waals surface area contributed by atoms with Gasteiger partial charge in [0.1, 0.15) is 0 Å². The Labute approximate surface area is 127 Å². The van der Waals surface area contributed by atoms with Crippen molar-refractivity contribution in [2.45, 2.75) is 6.92 Å². The third kappa shape index (κ3) is 3.22. The van der Waals surface area contributed by atoms with E-state index in [0.29, 0.717) is 31.1 Å². The van der Waals surface area contributed by atoms with Crippen LogP contribution in [0, 0.1) is 5.92 Å². The molecule has 1 heterocycles. The lowest BCUT2D eigenvalue weighted by Crippen LogP contribution is -2.54. The van der Waals surface area contributed by atoms with Gasteiger partial charge in [-0.05, 0) is 6.08 Å². The van der Waals surface area contributed by atoms with Crippen LogP contribution >= 0.6 is 0 Å². The van der Waals surface area contributed by atoms with E-state index >= 15 is 0 Å². The summed E-state index contributed by atoms with van der Waals surface area (Å²) < 4.78 is 0. The predicted molar refractivity (Wildman–Crippen MR) is 76.2 cm³/mol. The number of hydrogen-bond acceptors (Lipinski definition) is 5. The Morgan fingerprint density at radius 3 is 2.50 bits per heavy atom. The molecule has 1 saturated heterocycles. The molecule has 1 fully saturated rings. The van der Waals surface area contributed by atoms with Crippen molar-refractivity contribution >= 4 is 23.6 Å². The molecule has 2 rings (SSSR count). The summed E-state index contributed by atoms with van der Waals surface area (Å²) in [6.07, 6.45) is 4.16. The molecule has 0 bridgehead atoms. The summed E-state index contributed by atoms with van der Waals surface area (Å²) in [4.78, 5) is 49.4. The summed E-state index contributed by atoms with van der Waals surface area (Å²) in [6.45, 7) is 3.61. The quantitative estimate of drug-likeness (QED) is 0.645. The van der Waals surface area contributed by atoms with E-state index in [-0.39, 0.29) is 17.4 Å². The maximum Gasteiger partial charge on any atom is 0.331 e. The van der Waals surface area contributed by atoms with E-state index in [9.17, 15) is 19.2 Å². The van der Waals surface area contributed by atoms with Crippen molar-refractivity contribution in [3.05, 3.63) is 23.9 Å². The summed E-state index contributed by atoms with van der Waals surface area (Å²) >= 11 is 0. The molecule has 2 aliphatic rings. The lowest BCUT2D eigenvalue weighted by atomic mass is 9.99. The molecule has 2 N–H and O–H groups in total. The van der Waals surface area contributed by atoms with Crippen molar-refractivity contribution < 1.29 is 19.2 Å². The standard InChI is InChI=1S/C14H17N4O4/c1-9-2-3-10(8-11(9)19)18(13(21)12(15)20)14(22)17-6-4-16-5-7-17/h2-3,8-9,15-16H,4-7H2,1H3. The molecule has 8 heteroatoms. The van der Waals surface area contributed by atoms with Crippen molar-refractivity contribution in [1.82, 2.24) is 20.9 Å². The van der Waals surface area contributed by atoms with E-state index in [0.717, 1.165) is 6.08 Å². The fourth-order valence-corrected chi connectivity index (χ4v) is 2.22. The zero-order valence-electron chi connectivity index (χ0n) is 12.2. The highest BCUT2D eigenvalue weighted by Gasteiger charge is 2.34. The Hall–Kier alpha value is -2.48. The number of nitrogens with one attached hydrogen (secondary N) is 2. The molecular weight excluding hydrogens is 288 g/mol. The van der Waals surface area contributed by atoms with Gasteiger partial charge < -0.3 is 10.2 Å². The lowest BCUT2D eigenvalue weighted by molar-refractivity contribution is -0.141. The Kier molecular flexibility index (Phi) is 4.71. The summed E-state index contributed by atoms with van der Waals surface area (Å²) in [5.41, 5.74) is 7.01. The van der Waals surface area contributed by atoms with Crippen molar-refractivity contribution in [3.63, 3.8) is 0 Å². The first kappa shape index (κ1) is 15.9. The van der Waals surface area contributed by atoms with Gasteiger partial charge in [0.05, 0.1) is 5.70 Å². The monoisotopic (exact) mass is 305 g/mol. The fourth-order valence-electron chi connectivity index (χ4n) is 2.22. The highest BCUT2D eigenvalue weighted by molar-refractivity contribution is 6.37. The molecule has 117 valence electrons. The zero-order valence-corrected chi connectivity index (χ0v) is 12.2. The predicted octanol–water partition coefficient (Wildman–Crippen LogP) is -0.691. The highest BCUT2D eigenvalue weighted by atomic mass is 16.2. The first-order chi connectivity index (χ1) is 10.4. The molecule has 4 amide bonds. The van der Waals surface area contributed by atoms with E-state index in [1.807, 2.05) is 0 Å². The number of nitrogens with zero attached hydrogens (tertiary/aromatic N) is 2. The molecule has 1 aliphatic carbocycles. The van der Waals surface area contributed by atoms with Gasteiger partial charge in [-0.3, -0.25) is 20.1 Å². The summed E-state index contributed by atoms with van der Waals surface area (Å²) in [6, 6.07) is -0.689. The van der Waals surface area contributed by atoms with E-state index in [1.54, 1.807) is 13.0 Å². The zero-order chi connectivity index (χ0) is 16.3. The van der Waals surface area contributed by atoms with Crippen LogP contribution in [-0.2, 0) is 14.4 Å². The van der Waals surface area contributed by atoms with Gasteiger partial charge in [-0.1, -0.05) is 13.0 Å². The molecule has 1 aliphatic heterocycles. The second-order valence-corrected chi connectivity index (χ2v) is 5.11. The average Bonchev–Trinajstić information content (AvgIpc) is 2.51. The Morgan fingerprint density at radius 1 is 1.32 bits per heavy atom. The van der Waals surface area contributed by atoms with Crippen LogP contribution in [0.3, 0.4) is 0 Å². The van der Waals surface area contributed by atoms with Gasteiger partial charge in [-0.15, -0.1) is 0 Å². The molecule has 8 nitrogen and oxygen atoms in total. The van der Waals surface area contributed by atoms with Gasteiger partial charge in [-0.25, -0.2) is 9.69 Å². The summed E-state index contributed by atoms with van der Waals surface area (Å²) in [7, 11) is 0. The minimum Gasteiger partial charge on any atom is -0.321 e. The van der Waals surface area contributed by atoms with Crippen molar-refractivity contribution in [2.24, 2.45) is 5.92 Å². The van der Waals surface area contributed by atoms with Crippen molar-refractivity contribution in [2.75, 3.05) is 26.2 Å². The number of carbonyl (C=O) groups is 4. The number of piperazine rings is 1. The van der Waals surface area contributed by atoms with E-state index in [2.05, 4.69) is 5.32 Å². The molecule has 1 atom stereocenters. The highest BCUT2D eigenvalue weighted by Crippen LogP contribution is 2.18. The fraction of sp³-hybridized carbons (Fsp3) is 0.429. The number of amides is 4. The van der Waals surface area contributed by atoms with Crippen LogP contribution in [-0.4, -0.2) is 59.6 Å². The molecule has 0 aromatic heterocycles. The number of hydrogen-bond donors (Lipinski definition) is 1. The van der Waals surface area contributed by atoms with Gasteiger partial charge in [0.15, 0.2) is 5.78 Å². The number of allylic oxidation sites excluding steroid dienone is 3. The van der Waals surface area contributed by atoms with Crippen LogP contribution in [0.2, 0.25) is 0 Å². The molecule has 1 unspecified atom stereocenters. The van der Waals surface area contributed by atoms with Crippen LogP contribution in [0.1, 0.15) is 6.92 Å². The van der Waals surface area contributed by atoms with Crippen molar-refractivity contribution in [1.29, 1.82) is 0 Å². The van der Waals surface area contributed by atoms with E-state index in [4.69, 9.17) is 5.73 Å². The molecular formula is C14H17N4O4. The molecule has 0 saturated carbocycles. The minimum atomic E-state index is -1.50. The van der Waals surface area contributed by atoms with Gasteiger partial charge in [0.2, 0.25) is 0 Å². The molecule has 1 radical (unpaired) electrons. The Balaban J connectivity index is 2.31. The molecule has 0 aromatic carbocycles. The Bertz CT molecular complexity index is 575. The van der Waals surface area contributed by atoms with Gasteiger partial charge in [-0.2, -0.15) is 0 Å². The third-order valence-electron chi connectivity index (χ3n) is 3.53. The topological polar surface area (TPSA) is 111 Å². The number of carbonyl (C=O) groups excluding carboxylic acids is 4. The second kappa shape index (κ2) is 6.52. The van der Waals surface area contributed by atoms with Crippen LogP contribution in [0.15, 0.2) is 23.9 Å². The number of urea groups is 1. The number of imide groups is 1. The first-order valence-electron chi connectivity index (χ1n) is 6.95. The maximum absolute atomic E-state index is 12.5. The van der Waals surface area contributed by atoms with Crippen LogP contribution in [0.5, 0.6) is 0 Å². The van der Waals surface area contributed by atoms with Gasteiger partial charge >= 0.3 is 17.8 Å². The SMILES string of the molecule is CC1C=CC(N(C(=O)C([NH])=O)C(=O)N2CCNCC2)=CC1=O. The Morgan fingerprint density at radius 2 is 1.95 bits per heavy atom. The van der Waals surface area contributed by atoms with Gasteiger partial charge in [0, 0.05) is 38.2 Å². The normalized spacial score (nSPS) is 21.3. The van der Waals surface area contributed by atoms with Crippen LogP contribution in [0.4, 0.5) is 4.79 Å². The largest absolute Gasteiger partial charge is 0.331 e. The minimum absolute atomic E-state index is 0.0252. The van der Waals surface area contributed by atoms with Crippen LogP contribution < -0.4 is 11.1 Å². The van der Waals surface area contributed by atoms with E-state index in [1.165, 1.54) is 11.0 Å². The van der Waals surface area contributed by atoms with E-state index < -0.39 is 17.8 Å². The van der Waals surface area contributed by atoms with Crippen molar-refractivity contribution in [3.8, 4) is 0 Å². The second-order valence-electron chi connectivity index (χ2n) is 5.11. The molecule has 0 spiro atoms. The number of rotatable bonds is 1. The van der Waals surface area contributed by atoms with Gasteiger partial charge in [0.25, 0.3) is 0 Å². The molecule has 0 aromatic rings.